The fourth-order valence-corrected chi connectivity index (χ4v) is 10.2. The van der Waals surface area contributed by atoms with Gasteiger partial charge in [0.25, 0.3) is 0 Å². The van der Waals surface area contributed by atoms with E-state index in [0.29, 0.717) is 0 Å². The van der Waals surface area contributed by atoms with E-state index in [4.69, 9.17) is 4.98 Å². The number of rotatable bonds is 5. The molecule has 12 rings (SSSR count). The van der Waals surface area contributed by atoms with Crippen LogP contribution in [-0.2, 0) is 0 Å². The minimum atomic E-state index is 0.243. The zero-order valence-corrected chi connectivity index (χ0v) is 32.6. The molecule has 0 saturated heterocycles. The van der Waals surface area contributed by atoms with Crippen molar-refractivity contribution in [2.45, 2.75) is 39.2 Å². The van der Waals surface area contributed by atoms with E-state index in [1.54, 1.807) is 0 Å². The predicted molar refractivity (Wildman–Crippen MR) is 245 cm³/mol. The Kier molecular flexibility index (Phi) is 7.24. The lowest BCUT2D eigenvalue weighted by molar-refractivity contribution is 0.648. The van der Waals surface area contributed by atoms with Gasteiger partial charge < -0.3 is 9.13 Å². The van der Waals surface area contributed by atoms with Crippen LogP contribution in [0.3, 0.4) is 0 Å². The molecule has 278 valence electrons. The summed E-state index contributed by atoms with van der Waals surface area (Å²) in [4.78, 5) is 5.65. The van der Waals surface area contributed by atoms with Crippen LogP contribution < -0.4 is 0 Å². The van der Waals surface area contributed by atoms with Crippen LogP contribution in [0.2, 0.25) is 0 Å². The Bertz CT molecular complexity index is 3510. The molecule has 0 N–H and O–H groups in total. The van der Waals surface area contributed by atoms with Gasteiger partial charge in [0.1, 0.15) is 11.6 Å². The Morgan fingerprint density at radius 1 is 0.569 bits per heavy atom. The molecule has 5 heteroatoms. The van der Waals surface area contributed by atoms with Crippen molar-refractivity contribution in [1.82, 2.24) is 23.3 Å². The minimum absolute atomic E-state index is 0.243. The van der Waals surface area contributed by atoms with E-state index in [1.807, 2.05) is 0 Å². The monoisotopic (exact) mass is 747 g/mol. The van der Waals surface area contributed by atoms with Gasteiger partial charge in [0.05, 0.1) is 39.1 Å². The Hall–Kier alpha value is -7.11. The molecule has 0 bridgehead atoms. The minimum Gasteiger partial charge on any atom is -0.333 e. The molecule has 0 aliphatic heterocycles. The van der Waals surface area contributed by atoms with Crippen LogP contribution in [-0.4, -0.2) is 23.3 Å². The van der Waals surface area contributed by atoms with Crippen LogP contribution in [0.4, 0.5) is 0 Å². The van der Waals surface area contributed by atoms with Gasteiger partial charge in [0.15, 0.2) is 0 Å². The van der Waals surface area contributed by atoms with E-state index >= 15 is 0 Å². The highest BCUT2D eigenvalue weighted by Crippen LogP contribution is 2.43. The van der Waals surface area contributed by atoms with Gasteiger partial charge in [-0.05, 0) is 81.7 Å². The van der Waals surface area contributed by atoms with Gasteiger partial charge in [-0.25, -0.2) is 4.98 Å². The van der Waals surface area contributed by atoms with Crippen LogP contribution in [0.25, 0.3) is 99.7 Å². The number of benzene rings is 5. The van der Waals surface area contributed by atoms with Crippen LogP contribution in [0.15, 0.2) is 164 Å². The summed E-state index contributed by atoms with van der Waals surface area (Å²) in [6, 6.07) is 42.7. The first-order valence-corrected chi connectivity index (χ1v) is 20.5. The highest BCUT2D eigenvalue weighted by atomic mass is 15.1. The zero-order valence-electron chi connectivity index (χ0n) is 32.6. The molecule has 1 atom stereocenters. The maximum absolute atomic E-state index is 5.65. The quantitative estimate of drug-likeness (QED) is 0.173. The molecule has 2 aliphatic rings. The van der Waals surface area contributed by atoms with Crippen LogP contribution in [0, 0.1) is 6.92 Å². The normalized spacial score (nSPS) is 15.9. The van der Waals surface area contributed by atoms with Crippen molar-refractivity contribution < 1.29 is 0 Å². The second kappa shape index (κ2) is 12.7. The van der Waals surface area contributed by atoms with Crippen molar-refractivity contribution in [3.63, 3.8) is 0 Å². The molecule has 0 radical (unpaired) electrons. The van der Waals surface area contributed by atoms with Gasteiger partial charge in [0, 0.05) is 60.2 Å². The lowest BCUT2D eigenvalue weighted by Crippen LogP contribution is -2.07. The summed E-state index contributed by atoms with van der Waals surface area (Å²) in [5.41, 5.74) is 12.0. The molecule has 0 fully saturated rings. The fourth-order valence-electron chi connectivity index (χ4n) is 10.2. The molecule has 58 heavy (non-hydrogen) atoms. The number of hydrogen-bond acceptors (Lipinski definition) is 1. The summed E-state index contributed by atoms with van der Waals surface area (Å²) in [5, 5.41) is 8.71. The van der Waals surface area contributed by atoms with Crippen LogP contribution in [0.5, 0.6) is 0 Å². The Morgan fingerprint density at radius 2 is 1.24 bits per heavy atom. The van der Waals surface area contributed by atoms with E-state index in [9.17, 15) is 0 Å². The predicted octanol–water partition coefficient (Wildman–Crippen LogP) is 13.9. The first-order valence-electron chi connectivity index (χ1n) is 20.5. The van der Waals surface area contributed by atoms with Crippen molar-refractivity contribution in [1.29, 1.82) is 0 Å². The average Bonchev–Trinajstić information content (AvgIpc) is 3.98. The number of allylic oxidation sites excluding steroid dienone is 9. The summed E-state index contributed by atoms with van der Waals surface area (Å²) < 4.78 is 9.81. The molecule has 1 unspecified atom stereocenters. The number of fused-ring (bicyclic) bond motifs is 11. The maximum Gasteiger partial charge on any atom is 0.140 e. The molecular weight excluding hydrogens is 707 g/mol. The number of aromatic nitrogens is 5. The summed E-state index contributed by atoms with van der Waals surface area (Å²) in [6.45, 7) is 4.37. The summed E-state index contributed by atoms with van der Waals surface area (Å²) in [5.74, 6) is 1.78. The highest BCUT2D eigenvalue weighted by Gasteiger charge is 2.25. The van der Waals surface area contributed by atoms with E-state index in [1.165, 1.54) is 76.7 Å². The largest absolute Gasteiger partial charge is 0.333 e. The molecule has 5 aromatic heterocycles. The number of nitrogens with zero attached hydrogens (tertiary/aromatic N) is 5. The first-order chi connectivity index (χ1) is 28.7. The second-order valence-corrected chi connectivity index (χ2v) is 15.7. The third-order valence-corrected chi connectivity index (χ3v) is 12.6. The maximum atomic E-state index is 5.65. The summed E-state index contributed by atoms with van der Waals surface area (Å²) in [6.07, 6.45) is 23.4. The van der Waals surface area contributed by atoms with Crippen LogP contribution in [0.1, 0.15) is 43.5 Å². The summed E-state index contributed by atoms with van der Waals surface area (Å²) in [7, 11) is 0. The first kappa shape index (κ1) is 33.1. The van der Waals surface area contributed by atoms with Gasteiger partial charge in [-0.1, -0.05) is 121 Å². The third kappa shape index (κ3) is 4.61. The van der Waals surface area contributed by atoms with Gasteiger partial charge >= 0.3 is 0 Å². The van der Waals surface area contributed by atoms with Gasteiger partial charge in [-0.2, -0.15) is 0 Å². The Morgan fingerprint density at radius 3 is 1.98 bits per heavy atom. The molecule has 0 saturated carbocycles. The second-order valence-electron chi connectivity index (χ2n) is 15.7. The number of hydrogen-bond donors (Lipinski definition) is 0. The van der Waals surface area contributed by atoms with Crippen molar-refractivity contribution in [2.75, 3.05) is 0 Å². The standard InChI is InChI=1S/C53H41N5/c1-3-17-37-34(2)55(35-18-6-4-7-19-35)52-41(37)30-31-42-38-22-10-15-27-47(38)58(53(42)52)51-29-16-28-50(54-51)57-46-26-14-12-24-40(46)44-32-43-39-23-11-13-25-45(39)56(48(43)33-49(44)57)36-20-8-5-9-21-36/h3,5-6,8-20,22-33,36H,4,7,21H2,1-2H3/b17-3-. The van der Waals surface area contributed by atoms with Gasteiger partial charge in [-0.3, -0.25) is 9.13 Å². The molecule has 0 spiro atoms. The molecule has 5 nitrogen and oxygen atoms in total. The number of pyridine rings is 1. The van der Waals surface area contributed by atoms with Gasteiger partial charge in [0.2, 0.25) is 0 Å². The smallest absolute Gasteiger partial charge is 0.140 e. The molecule has 0 amide bonds. The van der Waals surface area contributed by atoms with Crippen molar-refractivity contribution >= 4 is 88.1 Å². The van der Waals surface area contributed by atoms with Crippen LogP contribution >= 0.6 is 0 Å². The van der Waals surface area contributed by atoms with E-state index in [0.717, 1.165) is 47.4 Å². The Balaban J connectivity index is 1.16. The lowest BCUT2D eigenvalue weighted by atomic mass is 10.1. The molecule has 5 aromatic carbocycles. The molecular formula is C53H41N5. The SMILES string of the molecule is C/C=C\c1c(C)n(C2=CCCC=C2)c2c1ccc1c3ccccc3n(-c3cccc(-n4c5ccccc5c5cc6c7ccccc7n(C7C=CC=CC7)c6cc54)n3)c12. The number of para-hydroxylation sites is 3. The zero-order chi connectivity index (χ0) is 38.5. The molecule has 2 aliphatic carbocycles. The van der Waals surface area contributed by atoms with E-state index < -0.39 is 0 Å². The summed E-state index contributed by atoms with van der Waals surface area (Å²) >= 11 is 0. The molecule has 5 heterocycles. The average molecular weight is 748 g/mol. The highest BCUT2D eigenvalue weighted by molar-refractivity contribution is 6.21. The third-order valence-electron chi connectivity index (χ3n) is 12.6. The van der Waals surface area contributed by atoms with E-state index in [-0.39, 0.29) is 6.04 Å². The fraction of sp³-hybridized carbons (Fsp3) is 0.113. The van der Waals surface area contributed by atoms with Crippen molar-refractivity contribution in [3.8, 4) is 11.6 Å². The van der Waals surface area contributed by atoms with Gasteiger partial charge in [-0.15, -0.1) is 0 Å². The Labute approximate surface area is 336 Å². The topological polar surface area (TPSA) is 32.6 Å². The lowest BCUT2D eigenvalue weighted by Gasteiger charge is -2.18. The van der Waals surface area contributed by atoms with E-state index in [2.05, 4.69) is 202 Å². The van der Waals surface area contributed by atoms with Crippen molar-refractivity contribution in [2.24, 2.45) is 0 Å². The van der Waals surface area contributed by atoms with Crippen molar-refractivity contribution in [3.05, 3.63) is 175 Å². The molecule has 10 aromatic rings.